The number of hydrazone groups is 1. The van der Waals surface area contributed by atoms with Gasteiger partial charge in [-0.05, 0) is 36.4 Å². The van der Waals surface area contributed by atoms with E-state index >= 15 is 0 Å². The predicted molar refractivity (Wildman–Crippen MR) is 84.6 cm³/mol. The lowest BCUT2D eigenvalue weighted by molar-refractivity contribution is -0.384. The molecule has 0 bridgehead atoms. The molecule has 3 rings (SSSR count). The number of nitrogens with one attached hydrogen (secondary N) is 1. The maximum absolute atomic E-state index is 11.6. The number of furan rings is 2. The van der Waals surface area contributed by atoms with E-state index in [1.807, 2.05) is 0 Å². The van der Waals surface area contributed by atoms with Crippen molar-refractivity contribution < 1.29 is 18.6 Å². The zero-order valence-corrected chi connectivity index (χ0v) is 12.2. The van der Waals surface area contributed by atoms with E-state index in [9.17, 15) is 14.9 Å². The molecule has 2 heterocycles. The van der Waals surface area contributed by atoms with Gasteiger partial charge >= 0.3 is 5.91 Å². The molecule has 1 aromatic carbocycles. The van der Waals surface area contributed by atoms with E-state index in [0.717, 1.165) is 0 Å². The molecule has 0 aliphatic rings. The second-order valence-corrected chi connectivity index (χ2v) is 4.68. The molecule has 0 radical (unpaired) electrons. The summed E-state index contributed by atoms with van der Waals surface area (Å²) in [6.07, 6.45) is 2.73. The Morgan fingerprint density at radius 3 is 2.62 bits per heavy atom. The van der Waals surface area contributed by atoms with E-state index in [2.05, 4.69) is 10.5 Å². The smallest absolute Gasteiger partial charge is 0.307 e. The van der Waals surface area contributed by atoms with E-state index in [1.165, 1.54) is 30.7 Å². The molecule has 0 spiro atoms. The van der Waals surface area contributed by atoms with Crippen LogP contribution in [0.3, 0.4) is 0 Å². The number of nitro benzene ring substituents is 1. The summed E-state index contributed by atoms with van der Waals surface area (Å²) >= 11 is 0. The number of amides is 1. The molecule has 0 unspecified atom stereocenters. The van der Waals surface area contributed by atoms with Crippen LogP contribution in [0.1, 0.15) is 16.3 Å². The van der Waals surface area contributed by atoms with Crippen LogP contribution in [0, 0.1) is 10.1 Å². The lowest BCUT2D eigenvalue weighted by Gasteiger charge is -1.96. The normalized spacial score (nSPS) is 10.8. The third-order valence-electron chi connectivity index (χ3n) is 3.09. The number of hydrogen-bond acceptors (Lipinski definition) is 6. The summed E-state index contributed by atoms with van der Waals surface area (Å²) in [6, 6.07) is 12.5. The molecule has 0 aliphatic heterocycles. The van der Waals surface area contributed by atoms with Gasteiger partial charge < -0.3 is 8.83 Å². The molecule has 120 valence electrons. The zero-order valence-electron chi connectivity index (χ0n) is 12.2. The van der Waals surface area contributed by atoms with Gasteiger partial charge in [0.25, 0.3) is 5.69 Å². The van der Waals surface area contributed by atoms with Crippen molar-refractivity contribution in [3.05, 3.63) is 76.4 Å². The number of non-ortho nitro benzene ring substituents is 1. The van der Waals surface area contributed by atoms with Crippen molar-refractivity contribution in [1.29, 1.82) is 0 Å². The number of carbonyl (C=O) groups excluding carboxylic acids is 1. The molecule has 24 heavy (non-hydrogen) atoms. The molecule has 0 saturated carbocycles. The highest BCUT2D eigenvalue weighted by molar-refractivity contribution is 5.92. The summed E-state index contributed by atoms with van der Waals surface area (Å²) < 4.78 is 10.5. The highest BCUT2D eigenvalue weighted by atomic mass is 16.6. The van der Waals surface area contributed by atoms with Crippen molar-refractivity contribution in [2.75, 3.05) is 0 Å². The lowest BCUT2D eigenvalue weighted by Crippen LogP contribution is -2.16. The lowest BCUT2D eigenvalue weighted by atomic mass is 10.1. The number of hydrogen-bond donors (Lipinski definition) is 1. The summed E-state index contributed by atoms with van der Waals surface area (Å²) in [5.41, 5.74) is 3.01. The van der Waals surface area contributed by atoms with Gasteiger partial charge in [0.05, 0.1) is 17.4 Å². The molecule has 3 aromatic rings. The number of nitrogens with zero attached hydrogens (tertiary/aromatic N) is 2. The Morgan fingerprint density at radius 1 is 1.17 bits per heavy atom. The second kappa shape index (κ2) is 6.61. The van der Waals surface area contributed by atoms with E-state index in [1.54, 1.807) is 30.3 Å². The molecule has 1 N–H and O–H groups in total. The molecule has 8 nitrogen and oxygen atoms in total. The van der Waals surface area contributed by atoms with Crippen molar-refractivity contribution in [2.24, 2.45) is 5.10 Å². The molecule has 0 atom stereocenters. The van der Waals surface area contributed by atoms with E-state index in [4.69, 9.17) is 8.83 Å². The van der Waals surface area contributed by atoms with Crippen molar-refractivity contribution in [3.8, 4) is 11.3 Å². The van der Waals surface area contributed by atoms with Crippen LogP contribution in [0.15, 0.2) is 68.7 Å². The average molecular weight is 325 g/mol. The van der Waals surface area contributed by atoms with Crippen LogP contribution in [0.5, 0.6) is 0 Å². The maximum Gasteiger partial charge on any atom is 0.307 e. The largest absolute Gasteiger partial charge is 0.459 e. The summed E-state index contributed by atoms with van der Waals surface area (Å²) in [5.74, 6) is 0.628. The topological polar surface area (TPSA) is 111 Å². The molecule has 0 aliphatic carbocycles. The van der Waals surface area contributed by atoms with E-state index < -0.39 is 10.8 Å². The van der Waals surface area contributed by atoms with Crippen LogP contribution in [0.25, 0.3) is 11.3 Å². The third-order valence-corrected chi connectivity index (χ3v) is 3.09. The summed E-state index contributed by atoms with van der Waals surface area (Å²) in [4.78, 5) is 21.8. The van der Waals surface area contributed by atoms with Crippen LogP contribution >= 0.6 is 0 Å². The minimum absolute atomic E-state index is 0.00716. The maximum atomic E-state index is 11.6. The van der Waals surface area contributed by atoms with Crippen molar-refractivity contribution >= 4 is 17.8 Å². The van der Waals surface area contributed by atoms with Gasteiger partial charge in [-0.3, -0.25) is 14.9 Å². The monoisotopic (exact) mass is 325 g/mol. The van der Waals surface area contributed by atoms with Crippen LogP contribution in [0.4, 0.5) is 5.69 Å². The van der Waals surface area contributed by atoms with E-state index in [0.29, 0.717) is 17.1 Å². The summed E-state index contributed by atoms with van der Waals surface area (Å²) in [5, 5.41) is 14.4. The molecule has 2 aromatic heterocycles. The van der Waals surface area contributed by atoms with Crippen molar-refractivity contribution in [1.82, 2.24) is 5.43 Å². The van der Waals surface area contributed by atoms with Gasteiger partial charge in [0.15, 0.2) is 5.76 Å². The van der Waals surface area contributed by atoms with Gasteiger partial charge in [-0.1, -0.05) is 0 Å². The molecular formula is C16H11N3O5. The summed E-state index contributed by atoms with van der Waals surface area (Å²) in [7, 11) is 0. The van der Waals surface area contributed by atoms with Gasteiger partial charge in [0.1, 0.15) is 11.5 Å². The van der Waals surface area contributed by atoms with Gasteiger partial charge in [-0.25, -0.2) is 5.43 Å². The Balaban J connectivity index is 1.66. The SMILES string of the molecule is O=C(NN=Cc1ccc(-c2ccc([N+](=O)[O-])cc2)o1)c1ccco1. The third kappa shape index (κ3) is 3.38. The Morgan fingerprint density at radius 2 is 1.96 bits per heavy atom. The van der Waals surface area contributed by atoms with Crippen LogP contribution < -0.4 is 5.43 Å². The fourth-order valence-electron chi connectivity index (χ4n) is 1.94. The standard InChI is InChI=1S/C16H11N3O5/c20-16(15-2-1-9-23-15)18-17-10-13-7-8-14(24-13)11-3-5-12(6-4-11)19(21)22/h1-10H,(H,18,20). The predicted octanol–water partition coefficient (Wildman–Crippen LogP) is 3.21. The van der Waals surface area contributed by atoms with Crippen molar-refractivity contribution in [2.45, 2.75) is 0 Å². The van der Waals surface area contributed by atoms with E-state index in [-0.39, 0.29) is 11.4 Å². The minimum atomic E-state index is -0.474. The first-order valence-corrected chi connectivity index (χ1v) is 6.85. The van der Waals surface area contributed by atoms with Gasteiger partial charge in [-0.2, -0.15) is 5.10 Å². The summed E-state index contributed by atoms with van der Waals surface area (Å²) in [6.45, 7) is 0. The van der Waals surface area contributed by atoms with Crippen molar-refractivity contribution in [3.63, 3.8) is 0 Å². The Hall–Kier alpha value is -3.68. The molecule has 0 saturated heterocycles. The molecular weight excluding hydrogens is 314 g/mol. The average Bonchev–Trinajstić information content (AvgIpc) is 3.27. The Labute approximate surface area is 135 Å². The fraction of sp³-hybridized carbons (Fsp3) is 0. The Kier molecular flexibility index (Phi) is 4.19. The van der Waals surface area contributed by atoms with Crippen LogP contribution in [-0.4, -0.2) is 17.0 Å². The number of nitro groups is 1. The minimum Gasteiger partial charge on any atom is -0.459 e. The first-order chi connectivity index (χ1) is 11.6. The molecule has 8 heteroatoms. The number of benzene rings is 1. The van der Waals surface area contributed by atoms with Gasteiger partial charge in [-0.15, -0.1) is 0 Å². The second-order valence-electron chi connectivity index (χ2n) is 4.68. The Bertz CT molecular complexity index is 879. The molecule has 1 amide bonds. The van der Waals surface area contributed by atoms with Gasteiger partial charge in [0, 0.05) is 17.7 Å². The zero-order chi connectivity index (χ0) is 16.9. The highest BCUT2D eigenvalue weighted by Gasteiger charge is 2.08. The van der Waals surface area contributed by atoms with Crippen LogP contribution in [0.2, 0.25) is 0 Å². The first kappa shape index (κ1) is 15.2. The fourth-order valence-corrected chi connectivity index (χ4v) is 1.94. The van der Waals surface area contributed by atoms with Gasteiger partial charge in [0.2, 0.25) is 0 Å². The highest BCUT2D eigenvalue weighted by Crippen LogP contribution is 2.23. The first-order valence-electron chi connectivity index (χ1n) is 6.85. The van der Waals surface area contributed by atoms with Crippen LogP contribution in [-0.2, 0) is 0 Å². The number of rotatable bonds is 5. The number of carbonyl (C=O) groups is 1. The molecule has 0 fully saturated rings. The quantitative estimate of drug-likeness (QED) is 0.440.